The zero-order valence-corrected chi connectivity index (χ0v) is 18.7. The van der Waals surface area contributed by atoms with Crippen molar-refractivity contribution in [3.8, 4) is 11.1 Å². The van der Waals surface area contributed by atoms with E-state index in [9.17, 15) is 0 Å². The second-order valence-corrected chi connectivity index (χ2v) is 9.34. The largest absolute Gasteiger partial charge is 0.0654 e. The van der Waals surface area contributed by atoms with E-state index in [0.29, 0.717) is 5.92 Å². The zero-order valence-electron chi connectivity index (χ0n) is 18.7. The van der Waals surface area contributed by atoms with Crippen LogP contribution in [0.1, 0.15) is 80.9 Å². The predicted molar refractivity (Wildman–Crippen MR) is 130 cm³/mol. The Balaban J connectivity index is 1.36. The molecule has 1 unspecified atom stereocenters. The summed E-state index contributed by atoms with van der Waals surface area (Å²) in [6.45, 7) is 4.64. The SMILES string of the molecule is CCCC1CCC(c2ccc(-c3ccc(CC(C)c4ccccc4)cc3)cc2)CC1. The van der Waals surface area contributed by atoms with Crippen LogP contribution < -0.4 is 0 Å². The third-order valence-electron chi connectivity index (χ3n) is 7.12. The highest BCUT2D eigenvalue weighted by Gasteiger charge is 2.21. The van der Waals surface area contributed by atoms with E-state index in [0.717, 1.165) is 18.3 Å². The van der Waals surface area contributed by atoms with Crippen LogP contribution in [0, 0.1) is 5.92 Å². The molecule has 0 bridgehead atoms. The average molecular weight is 397 g/mol. The van der Waals surface area contributed by atoms with Gasteiger partial charge >= 0.3 is 0 Å². The molecule has 4 rings (SSSR count). The molecule has 3 aromatic rings. The van der Waals surface area contributed by atoms with Crippen molar-refractivity contribution in [3.05, 3.63) is 95.6 Å². The number of rotatable bonds is 7. The summed E-state index contributed by atoms with van der Waals surface area (Å²) in [6.07, 6.45) is 9.44. The summed E-state index contributed by atoms with van der Waals surface area (Å²) in [6, 6.07) is 29.4. The summed E-state index contributed by atoms with van der Waals surface area (Å²) in [5.41, 5.74) is 7.03. The standard InChI is InChI=1S/C30H36/c1-3-7-24-10-14-27(15-11-24)29-18-20-30(21-19-29)28-16-12-25(13-17-28)22-23(2)26-8-5-4-6-9-26/h4-6,8-9,12-13,16-21,23-24,27H,3,7,10-11,14-15,22H2,1-2H3. The Morgan fingerprint density at radius 2 is 1.33 bits per heavy atom. The Hall–Kier alpha value is -2.34. The van der Waals surface area contributed by atoms with Gasteiger partial charge in [0.2, 0.25) is 0 Å². The first-order valence-corrected chi connectivity index (χ1v) is 12.0. The van der Waals surface area contributed by atoms with Crippen LogP contribution in [0.3, 0.4) is 0 Å². The Kier molecular flexibility index (Phi) is 7.05. The minimum Gasteiger partial charge on any atom is -0.0654 e. The van der Waals surface area contributed by atoms with Crippen LogP contribution in [-0.2, 0) is 6.42 Å². The van der Waals surface area contributed by atoms with E-state index in [2.05, 4.69) is 92.7 Å². The summed E-state index contributed by atoms with van der Waals surface area (Å²) in [5.74, 6) is 2.30. The van der Waals surface area contributed by atoms with Crippen LogP contribution >= 0.6 is 0 Å². The second-order valence-electron chi connectivity index (χ2n) is 9.34. The molecule has 0 aliphatic heterocycles. The highest BCUT2D eigenvalue weighted by Crippen LogP contribution is 2.38. The van der Waals surface area contributed by atoms with Crippen LogP contribution in [0.5, 0.6) is 0 Å². The number of benzene rings is 3. The quantitative estimate of drug-likeness (QED) is 0.374. The van der Waals surface area contributed by atoms with Crippen molar-refractivity contribution in [1.82, 2.24) is 0 Å². The number of hydrogen-bond acceptors (Lipinski definition) is 0. The van der Waals surface area contributed by atoms with Gasteiger partial charge in [0.15, 0.2) is 0 Å². The van der Waals surface area contributed by atoms with E-state index < -0.39 is 0 Å². The molecule has 156 valence electrons. The minimum atomic E-state index is 0.545. The second kappa shape index (κ2) is 10.1. The number of hydrogen-bond donors (Lipinski definition) is 0. The molecule has 0 heteroatoms. The highest BCUT2D eigenvalue weighted by atomic mass is 14.3. The van der Waals surface area contributed by atoms with E-state index >= 15 is 0 Å². The molecule has 0 saturated heterocycles. The van der Waals surface area contributed by atoms with Crippen LogP contribution in [0.25, 0.3) is 11.1 Å². The molecule has 0 heterocycles. The topological polar surface area (TPSA) is 0 Å². The molecule has 1 aliphatic rings. The summed E-state index contributed by atoms with van der Waals surface area (Å²) in [5, 5.41) is 0. The molecule has 0 radical (unpaired) electrons. The molecule has 1 atom stereocenters. The molecule has 30 heavy (non-hydrogen) atoms. The summed E-state index contributed by atoms with van der Waals surface area (Å²) < 4.78 is 0. The van der Waals surface area contributed by atoms with Crippen LogP contribution in [0.2, 0.25) is 0 Å². The fourth-order valence-corrected chi connectivity index (χ4v) is 5.23. The molecule has 0 N–H and O–H groups in total. The normalized spacial score (nSPS) is 20.1. The smallest absolute Gasteiger partial charge is 0.0150 e. The first-order chi connectivity index (χ1) is 14.7. The lowest BCUT2D eigenvalue weighted by atomic mass is 9.77. The maximum absolute atomic E-state index is 2.38. The van der Waals surface area contributed by atoms with Crippen molar-refractivity contribution < 1.29 is 0 Å². The highest BCUT2D eigenvalue weighted by molar-refractivity contribution is 5.64. The van der Waals surface area contributed by atoms with Crippen molar-refractivity contribution in [1.29, 1.82) is 0 Å². The molecular weight excluding hydrogens is 360 g/mol. The Morgan fingerprint density at radius 3 is 1.93 bits per heavy atom. The average Bonchev–Trinajstić information content (AvgIpc) is 2.81. The van der Waals surface area contributed by atoms with Crippen LogP contribution in [0.4, 0.5) is 0 Å². The van der Waals surface area contributed by atoms with Crippen LogP contribution in [-0.4, -0.2) is 0 Å². The molecular formula is C30H36. The molecule has 1 fully saturated rings. The minimum absolute atomic E-state index is 0.545. The van der Waals surface area contributed by atoms with Gasteiger partial charge in [-0.3, -0.25) is 0 Å². The third kappa shape index (κ3) is 5.22. The van der Waals surface area contributed by atoms with Gasteiger partial charge in [0.1, 0.15) is 0 Å². The molecule has 0 aromatic heterocycles. The maximum Gasteiger partial charge on any atom is -0.0150 e. The van der Waals surface area contributed by atoms with Crippen molar-refractivity contribution in [2.45, 2.75) is 70.6 Å². The van der Waals surface area contributed by atoms with E-state index in [1.54, 1.807) is 5.56 Å². The van der Waals surface area contributed by atoms with Crippen molar-refractivity contribution >= 4 is 0 Å². The lowest BCUT2D eigenvalue weighted by Gasteiger charge is -2.28. The van der Waals surface area contributed by atoms with Crippen molar-refractivity contribution in [2.24, 2.45) is 5.92 Å². The molecule has 0 nitrogen and oxygen atoms in total. The predicted octanol–water partition coefficient (Wildman–Crippen LogP) is 8.77. The Bertz CT molecular complexity index is 881. The van der Waals surface area contributed by atoms with Gasteiger partial charge in [-0.05, 0) is 77.7 Å². The van der Waals surface area contributed by atoms with Gasteiger partial charge in [-0.2, -0.15) is 0 Å². The monoisotopic (exact) mass is 396 g/mol. The van der Waals surface area contributed by atoms with Gasteiger partial charge in [-0.1, -0.05) is 106 Å². The zero-order chi connectivity index (χ0) is 20.8. The van der Waals surface area contributed by atoms with Crippen LogP contribution in [0.15, 0.2) is 78.9 Å². The van der Waals surface area contributed by atoms with E-state index in [1.807, 2.05) is 0 Å². The lowest BCUT2D eigenvalue weighted by Crippen LogP contribution is -2.13. The van der Waals surface area contributed by atoms with Gasteiger partial charge in [-0.25, -0.2) is 0 Å². The van der Waals surface area contributed by atoms with E-state index in [1.165, 1.54) is 60.8 Å². The van der Waals surface area contributed by atoms with E-state index in [4.69, 9.17) is 0 Å². The molecule has 3 aromatic carbocycles. The Morgan fingerprint density at radius 1 is 0.733 bits per heavy atom. The molecule has 0 spiro atoms. The fraction of sp³-hybridized carbons (Fsp3) is 0.400. The maximum atomic E-state index is 2.38. The van der Waals surface area contributed by atoms with Gasteiger partial charge in [0.25, 0.3) is 0 Å². The Labute approximate surface area is 183 Å². The van der Waals surface area contributed by atoms with E-state index in [-0.39, 0.29) is 0 Å². The third-order valence-corrected chi connectivity index (χ3v) is 7.12. The molecule has 1 saturated carbocycles. The fourth-order valence-electron chi connectivity index (χ4n) is 5.23. The summed E-state index contributed by atoms with van der Waals surface area (Å²) >= 11 is 0. The first kappa shape index (κ1) is 20.9. The first-order valence-electron chi connectivity index (χ1n) is 12.0. The summed E-state index contributed by atoms with van der Waals surface area (Å²) in [4.78, 5) is 0. The summed E-state index contributed by atoms with van der Waals surface area (Å²) in [7, 11) is 0. The van der Waals surface area contributed by atoms with Crippen molar-refractivity contribution in [2.75, 3.05) is 0 Å². The van der Waals surface area contributed by atoms with Gasteiger partial charge < -0.3 is 0 Å². The van der Waals surface area contributed by atoms with Gasteiger partial charge in [0.05, 0.1) is 0 Å². The molecule has 0 amide bonds. The lowest BCUT2D eigenvalue weighted by molar-refractivity contribution is 0.308. The van der Waals surface area contributed by atoms with Crippen molar-refractivity contribution in [3.63, 3.8) is 0 Å². The molecule has 1 aliphatic carbocycles. The van der Waals surface area contributed by atoms with Gasteiger partial charge in [0, 0.05) is 0 Å². The van der Waals surface area contributed by atoms with Gasteiger partial charge in [-0.15, -0.1) is 0 Å².